The summed E-state index contributed by atoms with van der Waals surface area (Å²) in [6, 6.07) is 0. The molecule has 32 valence electrons. The number of rotatable bonds is 2. The summed E-state index contributed by atoms with van der Waals surface area (Å²) in [6.07, 6.45) is 0.375. The molecule has 0 amide bonds. The van der Waals surface area contributed by atoms with Crippen LogP contribution >= 0.6 is 0 Å². The standard InChI is InChI=1S/C3H3NO2/c4-3(1-5)2-6/h1-2,4H. The lowest BCUT2D eigenvalue weighted by Crippen LogP contribution is -1.95. The molecular formula is C3H3NO2. The lowest BCUT2D eigenvalue weighted by molar-refractivity contribution is -0.106. The minimum absolute atomic E-state index is 0.188. The minimum atomic E-state index is -0.519. The van der Waals surface area contributed by atoms with Gasteiger partial charge in [0, 0.05) is 0 Å². The Bertz CT molecular complexity index is 76.8. The normalized spacial score (nSPS) is 6.67. The van der Waals surface area contributed by atoms with Crippen molar-refractivity contribution in [3.8, 4) is 0 Å². The zero-order valence-electron chi connectivity index (χ0n) is 2.97. The maximum atomic E-state index is 9.28. The van der Waals surface area contributed by atoms with Gasteiger partial charge in [-0.25, -0.2) is 0 Å². The van der Waals surface area contributed by atoms with Crippen molar-refractivity contribution in [3.05, 3.63) is 0 Å². The van der Waals surface area contributed by atoms with E-state index in [0.29, 0.717) is 0 Å². The van der Waals surface area contributed by atoms with Crippen LogP contribution in [0.15, 0.2) is 0 Å². The fraction of sp³-hybridized carbons (Fsp3) is 0. The molecule has 3 heteroatoms. The van der Waals surface area contributed by atoms with Gasteiger partial charge < -0.3 is 0 Å². The molecule has 3 nitrogen and oxygen atoms in total. The first-order valence-corrected chi connectivity index (χ1v) is 1.30. The Morgan fingerprint density at radius 3 is 1.67 bits per heavy atom. The highest BCUT2D eigenvalue weighted by Gasteiger charge is 1.81. The molecule has 0 aliphatic rings. The van der Waals surface area contributed by atoms with Gasteiger partial charge in [-0.1, -0.05) is 0 Å². The van der Waals surface area contributed by atoms with Crippen LogP contribution < -0.4 is 0 Å². The Kier molecular flexibility index (Phi) is 1.89. The Morgan fingerprint density at radius 1 is 1.33 bits per heavy atom. The molecule has 0 rings (SSSR count). The second-order valence-electron chi connectivity index (χ2n) is 0.691. The molecule has 0 fully saturated rings. The molecule has 0 atom stereocenters. The van der Waals surface area contributed by atoms with E-state index < -0.39 is 5.71 Å². The van der Waals surface area contributed by atoms with Gasteiger partial charge in [0.05, 0.1) is 0 Å². The zero-order valence-corrected chi connectivity index (χ0v) is 2.97. The Labute approximate surface area is 34.5 Å². The average molecular weight is 85.1 g/mol. The molecule has 0 saturated heterocycles. The van der Waals surface area contributed by atoms with E-state index in [4.69, 9.17) is 5.41 Å². The Hall–Kier alpha value is -0.990. The quantitative estimate of drug-likeness (QED) is 0.276. The van der Waals surface area contributed by atoms with Crippen LogP contribution in [0.2, 0.25) is 0 Å². The lowest BCUT2D eigenvalue weighted by atomic mass is 10.5. The first-order valence-electron chi connectivity index (χ1n) is 1.30. The Morgan fingerprint density at radius 2 is 1.67 bits per heavy atom. The first kappa shape index (κ1) is 5.01. The van der Waals surface area contributed by atoms with Crippen LogP contribution in [0, 0.1) is 5.41 Å². The van der Waals surface area contributed by atoms with Gasteiger partial charge in [0.25, 0.3) is 0 Å². The summed E-state index contributed by atoms with van der Waals surface area (Å²) in [4.78, 5) is 18.6. The predicted molar refractivity (Wildman–Crippen MR) is 19.9 cm³/mol. The molecule has 0 spiro atoms. The molecule has 0 bridgehead atoms. The molecule has 0 aromatic rings. The largest absolute Gasteiger partial charge is 0.296 e. The van der Waals surface area contributed by atoms with Crippen LogP contribution in [0.1, 0.15) is 0 Å². The van der Waals surface area contributed by atoms with E-state index in [1.54, 1.807) is 0 Å². The van der Waals surface area contributed by atoms with Crippen molar-refractivity contribution in [2.45, 2.75) is 0 Å². The number of carbonyl (C=O) groups excluding carboxylic acids is 2. The van der Waals surface area contributed by atoms with Crippen LogP contribution in [0.25, 0.3) is 0 Å². The average Bonchev–Trinajstić information content (AvgIpc) is 1.65. The zero-order chi connectivity index (χ0) is 4.99. The fourth-order valence-electron chi connectivity index (χ4n) is 0.0278. The van der Waals surface area contributed by atoms with Crippen molar-refractivity contribution in [2.75, 3.05) is 0 Å². The number of nitrogens with one attached hydrogen (secondary N) is 1. The van der Waals surface area contributed by atoms with Crippen molar-refractivity contribution in [1.82, 2.24) is 0 Å². The number of hydrogen-bond donors (Lipinski definition) is 1. The summed E-state index contributed by atoms with van der Waals surface area (Å²) in [5.41, 5.74) is -0.519. The molecule has 0 radical (unpaired) electrons. The molecule has 0 aromatic carbocycles. The second kappa shape index (κ2) is 2.26. The second-order valence-corrected chi connectivity index (χ2v) is 0.691. The van der Waals surface area contributed by atoms with E-state index in [1.165, 1.54) is 0 Å². The maximum Gasteiger partial charge on any atom is 0.171 e. The van der Waals surface area contributed by atoms with Crippen molar-refractivity contribution in [3.63, 3.8) is 0 Å². The third-order valence-corrected chi connectivity index (χ3v) is 0.254. The van der Waals surface area contributed by atoms with Gasteiger partial charge in [0.1, 0.15) is 5.71 Å². The maximum absolute atomic E-state index is 9.28. The van der Waals surface area contributed by atoms with Crippen molar-refractivity contribution in [1.29, 1.82) is 5.41 Å². The molecule has 1 N–H and O–H groups in total. The predicted octanol–water partition coefficient (Wildman–Crippen LogP) is -0.596. The van der Waals surface area contributed by atoms with E-state index >= 15 is 0 Å². The molecule has 0 heterocycles. The van der Waals surface area contributed by atoms with Crippen LogP contribution in [0.3, 0.4) is 0 Å². The van der Waals surface area contributed by atoms with Crippen LogP contribution in [-0.2, 0) is 9.59 Å². The summed E-state index contributed by atoms with van der Waals surface area (Å²) >= 11 is 0. The monoisotopic (exact) mass is 85.0 g/mol. The fourth-order valence-corrected chi connectivity index (χ4v) is 0.0278. The van der Waals surface area contributed by atoms with Gasteiger partial charge in [-0.3, -0.25) is 15.0 Å². The molecule has 0 unspecified atom stereocenters. The number of hydrogen-bond acceptors (Lipinski definition) is 3. The molecule has 0 aliphatic carbocycles. The molecule has 0 aliphatic heterocycles. The highest BCUT2D eigenvalue weighted by Crippen LogP contribution is 1.47. The minimum Gasteiger partial charge on any atom is -0.296 e. The number of aldehydes is 2. The van der Waals surface area contributed by atoms with E-state index in [0.717, 1.165) is 0 Å². The van der Waals surface area contributed by atoms with Crippen molar-refractivity contribution < 1.29 is 9.59 Å². The molecule has 0 saturated carbocycles. The van der Waals surface area contributed by atoms with Gasteiger partial charge in [0.15, 0.2) is 12.6 Å². The summed E-state index contributed by atoms with van der Waals surface area (Å²) in [5, 5.41) is 6.25. The van der Waals surface area contributed by atoms with Gasteiger partial charge in [-0.15, -0.1) is 0 Å². The highest BCUT2D eigenvalue weighted by molar-refractivity contribution is 6.51. The van der Waals surface area contributed by atoms with Crippen molar-refractivity contribution >= 4 is 18.3 Å². The molecular weight excluding hydrogens is 82.0 g/mol. The van der Waals surface area contributed by atoms with Gasteiger partial charge in [0.2, 0.25) is 0 Å². The van der Waals surface area contributed by atoms with Gasteiger partial charge in [-0.05, 0) is 0 Å². The van der Waals surface area contributed by atoms with Crippen LogP contribution in [0.5, 0.6) is 0 Å². The summed E-state index contributed by atoms with van der Waals surface area (Å²) < 4.78 is 0. The highest BCUT2D eigenvalue weighted by atomic mass is 16.1. The van der Waals surface area contributed by atoms with Gasteiger partial charge in [-0.2, -0.15) is 0 Å². The van der Waals surface area contributed by atoms with Crippen molar-refractivity contribution in [2.24, 2.45) is 0 Å². The van der Waals surface area contributed by atoms with E-state index in [9.17, 15) is 9.59 Å². The summed E-state index contributed by atoms with van der Waals surface area (Å²) in [5.74, 6) is 0. The lowest BCUT2D eigenvalue weighted by Gasteiger charge is -1.63. The number of carbonyl (C=O) groups is 2. The smallest absolute Gasteiger partial charge is 0.171 e. The van der Waals surface area contributed by atoms with E-state index in [1.807, 2.05) is 0 Å². The van der Waals surface area contributed by atoms with E-state index in [2.05, 4.69) is 0 Å². The summed E-state index contributed by atoms with van der Waals surface area (Å²) in [6.45, 7) is 0. The SMILES string of the molecule is N=C(C=O)C=O. The third kappa shape index (κ3) is 1.34. The summed E-state index contributed by atoms with van der Waals surface area (Å²) in [7, 11) is 0. The first-order chi connectivity index (χ1) is 2.81. The Balaban J connectivity index is 3.52. The third-order valence-electron chi connectivity index (χ3n) is 0.254. The van der Waals surface area contributed by atoms with Gasteiger partial charge >= 0.3 is 0 Å². The van der Waals surface area contributed by atoms with E-state index in [-0.39, 0.29) is 12.6 Å². The van der Waals surface area contributed by atoms with Crippen LogP contribution in [-0.4, -0.2) is 18.3 Å². The molecule has 6 heavy (non-hydrogen) atoms. The van der Waals surface area contributed by atoms with Crippen LogP contribution in [0.4, 0.5) is 0 Å². The topological polar surface area (TPSA) is 58.0 Å². The molecule has 0 aromatic heterocycles.